The summed E-state index contributed by atoms with van der Waals surface area (Å²) in [5.74, 6) is 0.167. The molecule has 1 fully saturated rings. The SMILES string of the molecule is CCC1CCN(CCc2ccc(Br)cc2)CC(=O)N1. The minimum Gasteiger partial charge on any atom is -0.352 e. The van der Waals surface area contributed by atoms with E-state index in [1.54, 1.807) is 0 Å². The van der Waals surface area contributed by atoms with Crippen LogP contribution in [0.3, 0.4) is 0 Å². The van der Waals surface area contributed by atoms with Crippen molar-refractivity contribution in [3.63, 3.8) is 0 Å². The highest BCUT2D eigenvalue weighted by Crippen LogP contribution is 2.12. The van der Waals surface area contributed by atoms with Gasteiger partial charge in [-0.15, -0.1) is 0 Å². The van der Waals surface area contributed by atoms with E-state index in [1.165, 1.54) is 5.56 Å². The number of benzene rings is 1. The second kappa shape index (κ2) is 7.06. The van der Waals surface area contributed by atoms with E-state index < -0.39 is 0 Å². The van der Waals surface area contributed by atoms with E-state index in [1.807, 2.05) is 0 Å². The van der Waals surface area contributed by atoms with E-state index in [4.69, 9.17) is 0 Å². The zero-order valence-electron chi connectivity index (χ0n) is 11.4. The summed E-state index contributed by atoms with van der Waals surface area (Å²) in [6.07, 6.45) is 3.08. The van der Waals surface area contributed by atoms with E-state index in [9.17, 15) is 4.79 Å². The van der Waals surface area contributed by atoms with E-state index in [0.717, 1.165) is 36.8 Å². The maximum Gasteiger partial charge on any atom is 0.234 e. The molecule has 0 aromatic heterocycles. The molecule has 0 bridgehead atoms. The quantitative estimate of drug-likeness (QED) is 0.923. The monoisotopic (exact) mass is 324 g/mol. The number of nitrogens with one attached hydrogen (secondary N) is 1. The average molecular weight is 325 g/mol. The fourth-order valence-electron chi connectivity index (χ4n) is 2.40. The van der Waals surface area contributed by atoms with Crippen molar-refractivity contribution in [1.82, 2.24) is 10.2 Å². The van der Waals surface area contributed by atoms with Crippen LogP contribution < -0.4 is 5.32 Å². The van der Waals surface area contributed by atoms with Crippen molar-refractivity contribution < 1.29 is 4.79 Å². The van der Waals surface area contributed by atoms with Crippen LogP contribution in [0.5, 0.6) is 0 Å². The molecular weight excluding hydrogens is 304 g/mol. The van der Waals surface area contributed by atoms with Gasteiger partial charge in [0.15, 0.2) is 0 Å². The summed E-state index contributed by atoms with van der Waals surface area (Å²) in [4.78, 5) is 14.0. The predicted octanol–water partition coefficient (Wildman–Crippen LogP) is 2.59. The van der Waals surface area contributed by atoms with Crippen molar-refractivity contribution in [2.45, 2.75) is 32.2 Å². The topological polar surface area (TPSA) is 32.3 Å². The molecule has 1 N–H and O–H groups in total. The van der Waals surface area contributed by atoms with E-state index in [2.05, 4.69) is 57.3 Å². The Bertz CT molecular complexity index is 419. The van der Waals surface area contributed by atoms with Crippen LogP contribution in [-0.2, 0) is 11.2 Å². The lowest BCUT2D eigenvalue weighted by Crippen LogP contribution is -2.36. The van der Waals surface area contributed by atoms with E-state index >= 15 is 0 Å². The van der Waals surface area contributed by atoms with Crippen LogP contribution in [-0.4, -0.2) is 36.5 Å². The zero-order valence-corrected chi connectivity index (χ0v) is 12.9. The molecule has 0 saturated carbocycles. The normalized spacial score (nSPS) is 20.9. The first kappa shape index (κ1) is 14.5. The highest BCUT2D eigenvalue weighted by molar-refractivity contribution is 9.10. The third-order valence-corrected chi connectivity index (χ3v) is 4.18. The number of halogens is 1. The van der Waals surface area contributed by atoms with Crippen LogP contribution in [0.2, 0.25) is 0 Å². The van der Waals surface area contributed by atoms with Gasteiger partial charge in [0.25, 0.3) is 0 Å². The summed E-state index contributed by atoms with van der Waals surface area (Å²) in [5.41, 5.74) is 1.32. The molecule has 1 unspecified atom stereocenters. The third kappa shape index (κ3) is 4.62. The van der Waals surface area contributed by atoms with Crippen molar-refractivity contribution >= 4 is 21.8 Å². The van der Waals surface area contributed by atoms with Crippen molar-refractivity contribution in [3.05, 3.63) is 34.3 Å². The van der Waals surface area contributed by atoms with Crippen LogP contribution in [0.4, 0.5) is 0 Å². The molecule has 104 valence electrons. The number of hydrogen-bond acceptors (Lipinski definition) is 2. The van der Waals surface area contributed by atoms with Gasteiger partial charge in [-0.3, -0.25) is 9.69 Å². The van der Waals surface area contributed by atoms with Gasteiger partial charge in [0.05, 0.1) is 6.54 Å². The van der Waals surface area contributed by atoms with Gasteiger partial charge in [-0.05, 0) is 37.0 Å². The molecule has 2 rings (SSSR count). The molecule has 1 saturated heterocycles. The van der Waals surface area contributed by atoms with Crippen molar-refractivity contribution in [2.75, 3.05) is 19.6 Å². The number of carbonyl (C=O) groups is 1. The van der Waals surface area contributed by atoms with E-state index in [0.29, 0.717) is 12.6 Å². The maximum absolute atomic E-state index is 11.8. The Morgan fingerprint density at radius 3 is 2.79 bits per heavy atom. The minimum atomic E-state index is 0.167. The maximum atomic E-state index is 11.8. The largest absolute Gasteiger partial charge is 0.352 e. The van der Waals surface area contributed by atoms with Gasteiger partial charge in [-0.2, -0.15) is 0 Å². The molecular formula is C15H21BrN2O. The third-order valence-electron chi connectivity index (χ3n) is 3.65. The molecule has 1 aromatic rings. The highest BCUT2D eigenvalue weighted by Gasteiger charge is 2.19. The first-order valence-electron chi connectivity index (χ1n) is 6.93. The summed E-state index contributed by atoms with van der Waals surface area (Å²) in [7, 11) is 0. The van der Waals surface area contributed by atoms with Gasteiger partial charge in [-0.25, -0.2) is 0 Å². The van der Waals surface area contributed by atoms with Crippen molar-refractivity contribution in [3.8, 4) is 0 Å². The Morgan fingerprint density at radius 2 is 2.11 bits per heavy atom. The minimum absolute atomic E-state index is 0.167. The summed E-state index contributed by atoms with van der Waals surface area (Å²) < 4.78 is 1.11. The van der Waals surface area contributed by atoms with Gasteiger partial charge >= 0.3 is 0 Å². The zero-order chi connectivity index (χ0) is 13.7. The van der Waals surface area contributed by atoms with Crippen LogP contribution in [0, 0.1) is 0 Å². The molecule has 1 amide bonds. The van der Waals surface area contributed by atoms with Crippen molar-refractivity contribution in [1.29, 1.82) is 0 Å². The fourth-order valence-corrected chi connectivity index (χ4v) is 2.67. The number of rotatable bonds is 4. The lowest BCUT2D eigenvalue weighted by Gasteiger charge is -2.18. The highest BCUT2D eigenvalue weighted by atomic mass is 79.9. The smallest absolute Gasteiger partial charge is 0.234 e. The predicted molar refractivity (Wildman–Crippen MR) is 81.1 cm³/mol. The first-order chi connectivity index (χ1) is 9.17. The molecule has 4 heteroatoms. The van der Waals surface area contributed by atoms with Gasteiger partial charge in [0.1, 0.15) is 0 Å². The molecule has 1 heterocycles. The van der Waals surface area contributed by atoms with Crippen molar-refractivity contribution in [2.24, 2.45) is 0 Å². The average Bonchev–Trinajstić information content (AvgIpc) is 2.59. The van der Waals surface area contributed by atoms with Gasteiger partial charge in [-0.1, -0.05) is 35.0 Å². The van der Waals surface area contributed by atoms with Crippen LogP contribution >= 0.6 is 15.9 Å². The molecule has 3 nitrogen and oxygen atoms in total. The van der Waals surface area contributed by atoms with Gasteiger partial charge < -0.3 is 5.32 Å². The summed E-state index contributed by atoms with van der Waals surface area (Å²) in [5, 5.41) is 3.08. The lowest BCUT2D eigenvalue weighted by molar-refractivity contribution is -0.122. The van der Waals surface area contributed by atoms with Gasteiger partial charge in [0, 0.05) is 23.6 Å². The summed E-state index contributed by atoms with van der Waals surface area (Å²) in [6, 6.07) is 8.76. The Kier molecular flexibility index (Phi) is 5.40. The molecule has 19 heavy (non-hydrogen) atoms. The second-order valence-electron chi connectivity index (χ2n) is 5.11. The van der Waals surface area contributed by atoms with Crippen LogP contribution in [0.15, 0.2) is 28.7 Å². The molecule has 1 atom stereocenters. The van der Waals surface area contributed by atoms with Gasteiger partial charge in [0.2, 0.25) is 5.91 Å². The summed E-state index contributed by atoms with van der Waals surface area (Å²) in [6.45, 7) is 4.62. The summed E-state index contributed by atoms with van der Waals surface area (Å²) >= 11 is 3.44. The first-order valence-corrected chi connectivity index (χ1v) is 7.73. The van der Waals surface area contributed by atoms with Crippen LogP contribution in [0.25, 0.3) is 0 Å². The Morgan fingerprint density at radius 1 is 1.37 bits per heavy atom. The molecule has 1 aromatic carbocycles. The molecule has 0 radical (unpaired) electrons. The number of hydrogen-bond donors (Lipinski definition) is 1. The number of carbonyl (C=O) groups excluding carboxylic acids is 1. The Balaban J connectivity index is 1.85. The molecule has 1 aliphatic heterocycles. The Hall–Kier alpha value is -0.870. The fraction of sp³-hybridized carbons (Fsp3) is 0.533. The standard InChI is InChI=1S/C15H21BrN2O/c1-2-14-8-10-18(11-15(19)17-14)9-7-12-3-5-13(16)6-4-12/h3-6,14H,2,7-11H2,1H3,(H,17,19). The second-order valence-corrected chi connectivity index (χ2v) is 6.03. The molecule has 1 aliphatic rings. The molecule has 0 aliphatic carbocycles. The Labute approximate surface area is 123 Å². The van der Waals surface area contributed by atoms with Crippen LogP contribution in [0.1, 0.15) is 25.3 Å². The lowest BCUT2D eigenvalue weighted by atomic mass is 10.1. The number of amides is 1. The van der Waals surface area contributed by atoms with E-state index in [-0.39, 0.29) is 5.91 Å². The molecule has 0 spiro atoms. The number of nitrogens with zero attached hydrogens (tertiary/aromatic N) is 1.